The summed E-state index contributed by atoms with van der Waals surface area (Å²) in [7, 11) is -4.01. The molecule has 0 fully saturated rings. The lowest BCUT2D eigenvalue weighted by Crippen LogP contribution is -2.50. The number of amides is 1. The van der Waals surface area contributed by atoms with Gasteiger partial charge in [-0.1, -0.05) is 13.8 Å². The van der Waals surface area contributed by atoms with E-state index in [0.29, 0.717) is 31.1 Å². The molecule has 1 aromatic carbocycles. The summed E-state index contributed by atoms with van der Waals surface area (Å²) >= 11 is 0. The third-order valence-electron chi connectivity index (χ3n) is 4.59. The van der Waals surface area contributed by atoms with E-state index in [1.54, 1.807) is 20.8 Å². The zero-order chi connectivity index (χ0) is 22.4. The predicted molar refractivity (Wildman–Crippen MR) is 105 cm³/mol. The quantitative estimate of drug-likeness (QED) is 0.564. The van der Waals surface area contributed by atoms with Gasteiger partial charge in [-0.25, -0.2) is 8.42 Å². The molecule has 1 heterocycles. The number of nitrogens with one attached hydrogen (secondary N) is 2. The first-order valence-corrected chi connectivity index (χ1v) is 10.8. The molecule has 1 unspecified atom stereocenters. The second-order valence-electron chi connectivity index (χ2n) is 7.16. The van der Waals surface area contributed by atoms with Crippen LogP contribution in [0.2, 0.25) is 0 Å². The van der Waals surface area contributed by atoms with Crippen LogP contribution in [0.15, 0.2) is 23.1 Å². The Kier molecular flexibility index (Phi) is 7.64. The summed E-state index contributed by atoms with van der Waals surface area (Å²) < 4.78 is 42.6. The van der Waals surface area contributed by atoms with Crippen molar-refractivity contribution in [2.45, 2.75) is 37.6 Å². The molecular weight excluding hydrogens is 414 g/mol. The second-order valence-corrected chi connectivity index (χ2v) is 8.93. The molecule has 0 bridgehead atoms. The number of hydrogen-bond acceptors (Lipinski definition) is 8. The van der Waals surface area contributed by atoms with Gasteiger partial charge in [0, 0.05) is 12.5 Å². The minimum atomic E-state index is -4.01. The Labute approximate surface area is 175 Å². The van der Waals surface area contributed by atoms with Gasteiger partial charge < -0.3 is 19.5 Å². The molecule has 0 radical (unpaired) electrons. The van der Waals surface area contributed by atoms with Gasteiger partial charge in [0.2, 0.25) is 10.0 Å². The molecular formula is C19H25N3O7S. The van der Waals surface area contributed by atoms with Crippen LogP contribution < -0.4 is 19.5 Å². The average molecular weight is 439 g/mol. The van der Waals surface area contributed by atoms with Crippen molar-refractivity contribution in [3.63, 3.8) is 0 Å². The molecule has 0 saturated heterocycles. The van der Waals surface area contributed by atoms with Crippen LogP contribution in [0.1, 0.15) is 27.2 Å². The number of nitriles is 1. The van der Waals surface area contributed by atoms with Crippen LogP contribution in [-0.4, -0.2) is 52.2 Å². The first-order valence-electron chi connectivity index (χ1n) is 9.34. The maximum absolute atomic E-state index is 12.4. The number of sulfonamides is 1. The number of carbonyl (C=O) groups excluding carboxylic acids is 2. The number of esters is 1. The Morgan fingerprint density at radius 3 is 2.57 bits per heavy atom. The van der Waals surface area contributed by atoms with Crippen LogP contribution in [0.5, 0.6) is 11.5 Å². The smallest absolute Gasteiger partial charge is 0.321 e. The minimum Gasteiger partial charge on any atom is -0.490 e. The van der Waals surface area contributed by atoms with Crippen molar-refractivity contribution < 1.29 is 32.2 Å². The predicted octanol–water partition coefficient (Wildman–Crippen LogP) is 0.724. The second kappa shape index (κ2) is 9.77. The number of carbonyl (C=O) groups is 2. The molecule has 2 N–H and O–H groups in total. The number of nitrogens with zero attached hydrogens (tertiary/aromatic N) is 1. The number of hydrogen-bond donors (Lipinski definition) is 2. The van der Waals surface area contributed by atoms with E-state index in [-0.39, 0.29) is 10.8 Å². The van der Waals surface area contributed by atoms with Crippen molar-refractivity contribution >= 4 is 21.9 Å². The van der Waals surface area contributed by atoms with Gasteiger partial charge in [-0.05, 0) is 25.0 Å². The standard InChI is InChI=1S/C19H25N3O7S/c1-13(2)19(3,12-20)22-17(23)11-29-18(24)10-21-30(25,26)14-5-6-15-16(9-14)28-8-4-7-27-15/h5-6,9,13,21H,4,7-8,10-11H2,1-3H3,(H,22,23). The van der Waals surface area contributed by atoms with Crippen molar-refractivity contribution in [2.24, 2.45) is 5.92 Å². The highest BCUT2D eigenvalue weighted by molar-refractivity contribution is 7.89. The molecule has 0 aromatic heterocycles. The van der Waals surface area contributed by atoms with Crippen LogP contribution in [0, 0.1) is 17.2 Å². The first-order chi connectivity index (χ1) is 14.1. The van der Waals surface area contributed by atoms with E-state index >= 15 is 0 Å². The highest BCUT2D eigenvalue weighted by Gasteiger charge is 2.30. The van der Waals surface area contributed by atoms with Gasteiger partial charge in [0.05, 0.1) is 24.2 Å². The molecule has 164 valence electrons. The summed E-state index contributed by atoms with van der Waals surface area (Å²) in [5.41, 5.74) is -1.11. The first kappa shape index (κ1) is 23.4. The summed E-state index contributed by atoms with van der Waals surface area (Å²) in [4.78, 5) is 23.6. The van der Waals surface area contributed by atoms with Crippen LogP contribution >= 0.6 is 0 Å². The largest absolute Gasteiger partial charge is 0.490 e. The highest BCUT2D eigenvalue weighted by Crippen LogP contribution is 2.31. The van der Waals surface area contributed by atoms with Gasteiger partial charge in [-0.3, -0.25) is 9.59 Å². The molecule has 1 aromatic rings. The summed E-state index contributed by atoms with van der Waals surface area (Å²) in [5.74, 6) is -1.01. The molecule has 2 rings (SSSR count). The average Bonchev–Trinajstić information content (AvgIpc) is 2.95. The maximum Gasteiger partial charge on any atom is 0.321 e. The SMILES string of the molecule is CC(C)C(C)(C#N)NC(=O)COC(=O)CNS(=O)(=O)c1ccc2c(c1)OCCCO2. The molecule has 0 saturated carbocycles. The van der Waals surface area contributed by atoms with Crippen LogP contribution in [0.3, 0.4) is 0 Å². The third kappa shape index (κ3) is 6.08. The number of benzene rings is 1. The minimum absolute atomic E-state index is 0.0981. The third-order valence-corrected chi connectivity index (χ3v) is 5.99. The topological polar surface area (TPSA) is 144 Å². The fraction of sp³-hybridized carbons (Fsp3) is 0.526. The lowest BCUT2D eigenvalue weighted by Gasteiger charge is -2.27. The lowest BCUT2D eigenvalue weighted by molar-refractivity contribution is -0.147. The Balaban J connectivity index is 1.89. The van der Waals surface area contributed by atoms with Crippen molar-refractivity contribution in [1.29, 1.82) is 5.26 Å². The van der Waals surface area contributed by atoms with Crippen molar-refractivity contribution in [3.05, 3.63) is 18.2 Å². The zero-order valence-corrected chi connectivity index (χ0v) is 17.9. The van der Waals surface area contributed by atoms with Crippen molar-refractivity contribution in [3.8, 4) is 17.6 Å². The molecule has 0 spiro atoms. The summed E-state index contributed by atoms with van der Waals surface area (Å²) in [6.45, 7) is 4.67. The van der Waals surface area contributed by atoms with E-state index in [0.717, 1.165) is 0 Å². The van der Waals surface area contributed by atoms with Gasteiger partial charge >= 0.3 is 5.97 Å². The maximum atomic E-state index is 12.4. The number of ether oxygens (including phenoxy) is 3. The van der Waals surface area contributed by atoms with E-state index in [1.807, 2.05) is 6.07 Å². The van der Waals surface area contributed by atoms with E-state index < -0.39 is 40.6 Å². The molecule has 1 aliphatic rings. The molecule has 1 amide bonds. The summed E-state index contributed by atoms with van der Waals surface area (Å²) in [5, 5.41) is 11.7. The van der Waals surface area contributed by atoms with Crippen molar-refractivity contribution in [2.75, 3.05) is 26.4 Å². The Morgan fingerprint density at radius 1 is 1.27 bits per heavy atom. The van der Waals surface area contributed by atoms with Crippen LogP contribution in [0.4, 0.5) is 0 Å². The van der Waals surface area contributed by atoms with E-state index in [4.69, 9.17) is 14.2 Å². The summed E-state index contributed by atoms with van der Waals surface area (Å²) in [6.07, 6.45) is 0.680. The van der Waals surface area contributed by atoms with Crippen LogP contribution in [-0.2, 0) is 24.3 Å². The zero-order valence-electron chi connectivity index (χ0n) is 17.1. The molecule has 11 heteroatoms. The summed E-state index contributed by atoms with van der Waals surface area (Å²) in [6, 6.07) is 6.14. The highest BCUT2D eigenvalue weighted by atomic mass is 32.2. The van der Waals surface area contributed by atoms with Crippen LogP contribution in [0.25, 0.3) is 0 Å². The molecule has 1 atom stereocenters. The van der Waals surface area contributed by atoms with E-state index in [9.17, 15) is 23.3 Å². The Hall–Kier alpha value is -2.84. The van der Waals surface area contributed by atoms with Gasteiger partial charge in [-0.2, -0.15) is 9.98 Å². The lowest BCUT2D eigenvalue weighted by atomic mass is 9.90. The molecule has 1 aliphatic heterocycles. The van der Waals surface area contributed by atoms with Gasteiger partial charge in [0.1, 0.15) is 12.1 Å². The Bertz CT molecular complexity index is 940. The normalized spacial score (nSPS) is 15.4. The van der Waals surface area contributed by atoms with Gasteiger partial charge in [-0.15, -0.1) is 0 Å². The van der Waals surface area contributed by atoms with Gasteiger partial charge in [0.15, 0.2) is 18.1 Å². The van der Waals surface area contributed by atoms with E-state index in [2.05, 4.69) is 10.0 Å². The van der Waals surface area contributed by atoms with Crippen molar-refractivity contribution in [1.82, 2.24) is 10.0 Å². The molecule has 0 aliphatic carbocycles. The van der Waals surface area contributed by atoms with E-state index in [1.165, 1.54) is 18.2 Å². The Morgan fingerprint density at radius 2 is 1.93 bits per heavy atom. The van der Waals surface area contributed by atoms with Gasteiger partial charge in [0.25, 0.3) is 5.91 Å². The fourth-order valence-electron chi connectivity index (χ4n) is 2.37. The molecule has 30 heavy (non-hydrogen) atoms. The fourth-order valence-corrected chi connectivity index (χ4v) is 3.36. The monoisotopic (exact) mass is 439 g/mol. The number of fused-ring (bicyclic) bond motifs is 1. The molecule has 10 nitrogen and oxygen atoms in total. The number of rotatable bonds is 8.